The van der Waals surface area contributed by atoms with Crippen LogP contribution in [-0.2, 0) is 22.9 Å². The number of imidazole rings is 1. The van der Waals surface area contributed by atoms with Crippen LogP contribution in [0.15, 0.2) is 65.4 Å². The Morgan fingerprint density at radius 2 is 1.84 bits per heavy atom. The Kier molecular flexibility index (Phi) is 5.28. The zero-order valence-electron chi connectivity index (χ0n) is 17.8. The van der Waals surface area contributed by atoms with Gasteiger partial charge >= 0.3 is 6.18 Å². The summed E-state index contributed by atoms with van der Waals surface area (Å²) in [5, 5.41) is 3.91. The molecule has 0 unspecified atom stereocenters. The highest BCUT2D eigenvalue weighted by atomic mass is 19.4. The van der Waals surface area contributed by atoms with Crippen LogP contribution in [0.1, 0.15) is 25.2 Å². The van der Waals surface area contributed by atoms with E-state index in [1.807, 2.05) is 25.2 Å². The van der Waals surface area contributed by atoms with E-state index in [0.29, 0.717) is 0 Å². The molecule has 1 aliphatic rings. The molecule has 6 nitrogen and oxygen atoms in total. The van der Waals surface area contributed by atoms with Gasteiger partial charge in [0.25, 0.3) is 5.91 Å². The van der Waals surface area contributed by atoms with Crippen LogP contribution < -0.4 is 10.3 Å². The lowest BCUT2D eigenvalue weighted by Crippen LogP contribution is -2.26. The SMILES string of the molecule is CN1C(=CC=NNC(=O)Cn2c(C(F)(F)F)nc3ccccc32)C(C)(C)c2ccccc21. The molecule has 1 aromatic heterocycles. The molecule has 4 rings (SSSR count). The number of nitrogens with one attached hydrogen (secondary N) is 1. The van der Waals surface area contributed by atoms with E-state index in [2.05, 4.69) is 40.3 Å². The summed E-state index contributed by atoms with van der Waals surface area (Å²) in [6, 6.07) is 14.2. The summed E-state index contributed by atoms with van der Waals surface area (Å²) in [6.07, 6.45) is -1.46. The van der Waals surface area contributed by atoms with Crippen LogP contribution in [0.5, 0.6) is 0 Å². The summed E-state index contributed by atoms with van der Waals surface area (Å²) in [5.74, 6) is -1.80. The number of carbonyl (C=O) groups is 1. The minimum atomic E-state index is -4.68. The normalized spacial score (nSPS) is 16.8. The maximum absolute atomic E-state index is 13.4. The Labute approximate surface area is 183 Å². The monoisotopic (exact) mass is 441 g/mol. The molecule has 0 atom stereocenters. The van der Waals surface area contributed by atoms with Gasteiger partial charge in [-0.2, -0.15) is 18.3 Å². The number of aromatic nitrogens is 2. The highest BCUT2D eigenvalue weighted by molar-refractivity contribution is 5.83. The van der Waals surface area contributed by atoms with E-state index in [0.717, 1.165) is 16.0 Å². The number of hydrogen-bond donors (Lipinski definition) is 1. The van der Waals surface area contributed by atoms with Gasteiger partial charge in [0.05, 0.1) is 11.0 Å². The van der Waals surface area contributed by atoms with Crippen molar-refractivity contribution in [3.63, 3.8) is 0 Å². The fraction of sp³-hybridized carbons (Fsp3) is 0.261. The molecule has 0 saturated carbocycles. The molecule has 32 heavy (non-hydrogen) atoms. The lowest BCUT2D eigenvalue weighted by atomic mass is 9.84. The summed E-state index contributed by atoms with van der Waals surface area (Å²) in [5.41, 5.74) is 5.71. The van der Waals surface area contributed by atoms with Crippen LogP contribution >= 0.6 is 0 Å². The number of anilines is 1. The van der Waals surface area contributed by atoms with Gasteiger partial charge < -0.3 is 9.47 Å². The molecule has 2 heterocycles. The largest absolute Gasteiger partial charge is 0.449 e. The van der Waals surface area contributed by atoms with Crippen LogP contribution in [0.2, 0.25) is 0 Å². The number of likely N-dealkylation sites (N-methyl/N-ethyl adjacent to an activating group) is 1. The zero-order chi connectivity index (χ0) is 23.1. The minimum absolute atomic E-state index is 0.173. The summed E-state index contributed by atoms with van der Waals surface area (Å²) in [7, 11) is 1.95. The van der Waals surface area contributed by atoms with Crippen molar-refractivity contribution < 1.29 is 18.0 Å². The molecule has 0 bridgehead atoms. The molecule has 3 aromatic rings. The molecule has 1 aliphatic heterocycles. The molecular weight excluding hydrogens is 419 g/mol. The number of amides is 1. The number of hydrazone groups is 1. The number of alkyl halides is 3. The van der Waals surface area contributed by atoms with Crippen molar-refractivity contribution in [2.45, 2.75) is 32.0 Å². The molecule has 1 N–H and O–H groups in total. The molecule has 0 radical (unpaired) electrons. The standard InChI is InChI=1S/C23H22F3N5O/c1-22(2)15-8-4-6-10-17(15)30(3)19(22)12-13-27-29-20(32)14-31-18-11-7-5-9-16(18)28-21(31)23(24,25)26/h4-13H,14H2,1-3H3,(H,29,32). The van der Waals surface area contributed by atoms with Gasteiger partial charge in [-0.25, -0.2) is 10.4 Å². The van der Waals surface area contributed by atoms with E-state index in [1.54, 1.807) is 18.2 Å². The molecule has 2 aromatic carbocycles. The highest BCUT2D eigenvalue weighted by Gasteiger charge is 2.38. The first-order chi connectivity index (χ1) is 15.1. The molecule has 0 spiro atoms. The van der Waals surface area contributed by atoms with Crippen molar-refractivity contribution >= 4 is 28.8 Å². The Morgan fingerprint density at radius 1 is 1.16 bits per heavy atom. The second-order valence-electron chi connectivity index (χ2n) is 8.07. The van der Waals surface area contributed by atoms with E-state index in [1.165, 1.54) is 23.9 Å². The summed E-state index contributed by atoms with van der Waals surface area (Å²) in [4.78, 5) is 18.0. The number of carbonyl (C=O) groups excluding carboxylic acids is 1. The summed E-state index contributed by atoms with van der Waals surface area (Å²) >= 11 is 0. The average molecular weight is 441 g/mol. The van der Waals surface area contributed by atoms with E-state index in [-0.39, 0.29) is 16.4 Å². The van der Waals surface area contributed by atoms with Crippen molar-refractivity contribution in [1.29, 1.82) is 0 Å². The first-order valence-corrected chi connectivity index (χ1v) is 9.99. The number of halogens is 3. The average Bonchev–Trinajstić information content (AvgIpc) is 3.20. The first-order valence-electron chi connectivity index (χ1n) is 9.99. The van der Waals surface area contributed by atoms with Crippen molar-refractivity contribution in [3.8, 4) is 0 Å². The van der Waals surface area contributed by atoms with Gasteiger partial charge in [0, 0.05) is 30.1 Å². The molecule has 0 saturated heterocycles. The van der Waals surface area contributed by atoms with E-state index >= 15 is 0 Å². The van der Waals surface area contributed by atoms with Crippen LogP contribution in [-0.4, -0.2) is 28.7 Å². The van der Waals surface area contributed by atoms with E-state index in [9.17, 15) is 18.0 Å². The van der Waals surface area contributed by atoms with Crippen LogP contribution in [0, 0.1) is 0 Å². The molecule has 0 fully saturated rings. The number of allylic oxidation sites excluding steroid dienone is 2. The number of hydrogen-bond acceptors (Lipinski definition) is 4. The third kappa shape index (κ3) is 3.74. The van der Waals surface area contributed by atoms with Gasteiger partial charge in [0.1, 0.15) is 6.54 Å². The van der Waals surface area contributed by atoms with Crippen molar-refractivity contribution in [1.82, 2.24) is 15.0 Å². The third-order valence-electron chi connectivity index (χ3n) is 5.65. The number of para-hydroxylation sites is 3. The fourth-order valence-corrected chi connectivity index (χ4v) is 4.15. The minimum Gasteiger partial charge on any atom is -0.347 e. The lowest BCUT2D eigenvalue weighted by molar-refractivity contribution is -0.147. The Balaban J connectivity index is 1.50. The van der Waals surface area contributed by atoms with Crippen LogP contribution in [0.25, 0.3) is 11.0 Å². The quantitative estimate of drug-likeness (QED) is 0.480. The fourth-order valence-electron chi connectivity index (χ4n) is 4.15. The second-order valence-corrected chi connectivity index (χ2v) is 8.07. The Morgan fingerprint density at radius 3 is 2.56 bits per heavy atom. The molecule has 1 amide bonds. The topological polar surface area (TPSA) is 62.5 Å². The maximum Gasteiger partial charge on any atom is 0.449 e. The number of fused-ring (bicyclic) bond motifs is 2. The maximum atomic E-state index is 13.4. The third-order valence-corrected chi connectivity index (χ3v) is 5.65. The predicted octanol–water partition coefficient (Wildman–Crippen LogP) is 4.47. The summed E-state index contributed by atoms with van der Waals surface area (Å²) in [6.45, 7) is 3.63. The molecule has 166 valence electrons. The molecule has 0 aliphatic carbocycles. The van der Waals surface area contributed by atoms with Crippen molar-refractivity contribution in [3.05, 3.63) is 71.7 Å². The van der Waals surface area contributed by atoms with Gasteiger partial charge in [-0.3, -0.25) is 4.79 Å². The molecular formula is C23H22F3N5O. The first kappa shape index (κ1) is 21.6. The van der Waals surface area contributed by atoms with E-state index in [4.69, 9.17) is 0 Å². The second kappa shape index (κ2) is 7.81. The van der Waals surface area contributed by atoms with E-state index < -0.39 is 24.5 Å². The number of rotatable bonds is 4. The van der Waals surface area contributed by atoms with Gasteiger partial charge in [-0.05, 0) is 29.8 Å². The lowest BCUT2D eigenvalue weighted by Gasteiger charge is -2.23. The highest BCUT2D eigenvalue weighted by Crippen LogP contribution is 2.46. The van der Waals surface area contributed by atoms with Crippen LogP contribution in [0.3, 0.4) is 0 Å². The van der Waals surface area contributed by atoms with Crippen molar-refractivity contribution in [2.75, 3.05) is 11.9 Å². The Bertz CT molecular complexity index is 1240. The Hall–Kier alpha value is -3.62. The molecule has 9 heteroatoms. The number of benzene rings is 2. The van der Waals surface area contributed by atoms with Gasteiger partial charge in [-0.15, -0.1) is 0 Å². The predicted molar refractivity (Wildman–Crippen MR) is 117 cm³/mol. The summed E-state index contributed by atoms with van der Waals surface area (Å²) < 4.78 is 41.0. The van der Waals surface area contributed by atoms with Crippen molar-refractivity contribution in [2.24, 2.45) is 5.10 Å². The van der Waals surface area contributed by atoms with Crippen LogP contribution in [0.4, 0.5) is 18.9 Å². The number of nitrogens with zero attached hydrogens (tertiary/aromatic N) is 4. The van der Waals surface area contributed by atoms with Gasteiger partial charge in [-0.1, -0.05) is 44.2 Å². The zero-order valence-corrected chi connectivity index (χ0v) is 17.8. The van der Waals surface area contributed by atoms with Gasteiger partial charge in [0.15, 0.2) is 0 Å². The van der Waals surface area contributed by atoms with Gasteiger partial charge in [0.2, 0.25) is 5.82 Å². The smallest absolute Gasteiger partial charge is 0.347 e.